The lowest BCUT2D eigenvalue weighted by molar-refractivity contribution is -0.133. The van der Waals surface area contributed by atoms with Crippen molar-refractivity contribution in [1.82, 2.24) is 25.0 Å². The van der Waals surface area contributed by atoms with E-state index in [-0.39, 0.29) is 60.9 Å². The highest BCUT2D eigenvalue weighted by Crippen LogP contribution is 2.43. The van der Waals surface area contributed by atoms with E-state index in [1.165, 1.54) is 16.9 Å². The number of nitrogens with two attached hydrogens (primary N) is 1. The molecule has 5 atom stereocenters. The SMILES string of the molecule is C.CC(=O)C1CCCCC1=O.CC1(O)C2CCCCC2=NN1C(=O)c1cccc2[nH]ccc12.CC1=NN(C(=O)c2cccc3[nH]ccc23)C2(O)CCCCC12.NCC(=O)c1cccc2[nH]ccc12. The molecule has 0 bridgehead atoms. The molecule has 2 amide bonds. The summed E-state index contributed by atoms with van der Waals surface area (Å²) in [6.07, 6.45) is 16.3. The van der Waals surface area contributed by atoms with Crippen molar-refractivity contribution in [2.24, 2.45) is 33.7 Å². The molecule has 68 heavy (non-hydrogen) atoms. The van der Waals surface area contributed by atoms with Gasteiger partial charge in [-0.2, -0.15) is 20.2 Å². The molecular formula is C53H64N8O7. The van der Waals surface area contributed by atoms with Crippen LogP contribution in [0.15, 0.2) is 102 Å². The topological polar surface area (TPSA) is 230 Å². The second-order valence-electron chi connectivity index (χ2n) is 18.4. The van der Waals surface area contributed by atoms with Gasteiger partial charge in [-0.15, -0.1) is 0 Å². The second kappa shape index (κ2) is 20.8. The molecule has 0 saturated heterocycles. The molecule has 0 radical (unpaired) electrons. The minimum absolute atomic E-state index is 0. The predicted octanol–water partition coefficient (Wildman–Crippen LogP) is 9.04. The fraction of sp³-hybridized carbons (Fsp3) is 0.415. The molecule has 5 aliphatic rings. The smallest absolute Gasteiger partial charge is 0.277 e. The molecule has 15 heteroatoms. The van der Waals surface area contributed by atoms with Gasteiger partial charge in [0.2, 0.25) is 0 Å². The maximum Gasteiger partial charge on any atom is 0.277 e. The van der Waals surface area contributed by atoms with E-state index in [1.807, 2.05) is 80.1 Å². The summed E-state index contributed by atoms with van der Waals surface area (Å²) in [5.41, 5.74) is 9.38. The third-order valence-corrected chi connectivity index (χ3v) is 14.0. The lowest BCUT2D eigenvalue weighted by atomic mass is 9.79. The van der Waals surface area contributed by atoms with E-state index in [4.69, 9.17) is 5.73 Å². The highest BCUT2D eigenvalue weighted by molar-refractivity contribution is 6.10. The summed E-state index contributed by atoms with van der Waals surface area (Å²) in [7, 11) is 0. The standard InChI is InChI=1S/2C17H19N3O2.C10H10N2O.C8H12O2.CH4/c1-11-14-6-2-3-9-17(14,22)20(19-11)16(21)13-5-4-7-15-12(13)8-10-18-15;1-17(22)13-6-2-3-7-15(13)19-20(17)16(21)12-5-4-8-14-11(12)9-10-18-14;11-6-10(13)8-2-1-3-9-7(8)4-5-12-9;1-6(9)7-4-2-3-5-8(7)10;/h4-5,7-8,10,14,18,22H,2-3,6,9H2,1H3;4-5,8-10,13,18,22H,2-3,6-7H2,1H3;1-5,12H,6,11H2;7H,2-5H2,1H3;1H4. The van der Waals surface area contributed by atoms with Gasteiger partial charge in [-0.3, -0.25) is 24.0 Å². The Labute approximate surface area is 396 Å². The second-order valence-corrected chi connectivity index (χ2v) is 18.4. The number of hydrogen-bond acceptors (Lipinski definition) is 10. The zero-order valence-corrected chi connectivity index (χ0v) is 38.4. The molecule has 11 rings (SSSR count). The van der Waals surface area contributed by atoms with Gasteiger partial charge in [0, 0.05) is 86.5 Å². The van der Waals surface area contributed by atoms with E-state index in [0.29, 0.717) is 29.5 Å². The summed E-state index contributed by atoms with van der Waals surface area (Å²) < 4.78 is 0. The van der Waals surface area contributed by atoms with Crippen molar-refractivity contribution in [2.75, 3.05) is 6.54 Å². The van der Waals surface area contributed by atoms with Gasteiger partial charge >= 0.3 is 0 Å². The average Bonchev–Trinajstić information content (AvgIpc) is 4.19. The van der Waals surface area contributed by atoms with E-state index >= 15 is 0 Å². The maximum absolute atomic E-state index is 13.0. The van der Waals surface area contributed by atoms with Gasteiger partial charge in [0.1, 0.15) is 11.6 Å². The average molecular weight is 925 g/mol. The number of aliphatic hydroxyl groups is 2. The lowest BCUT2D eigenvalue weighted by Crippen LogP contribution is -2.52. The Morgan fingerprint density at radius 3 is 1.71 bits per heavy atom. The summed E-state index contributed by atoms with van der Waals surface area (Å²) in [5.74, 6) is -0.609. The quantitative estimate of drug-likeness (QED) is 0.0720. The van der Waals surface area contributed by atoms with Crippen LogP contribution in [0.25, 0.3) is 32.7 Å². The maximum atomic E-state index is 13.0. The molecule has 3 fully saturated rings. The minimum Gasteiger partial charge on any atom is -0.369 e. The van der Waals surface area contributed by atoms with E-state index in [2.05, 4.69) is 25.2 Å². The number of Topliss-reactive ketones (excluding diaryl/α,β-unsaturated/α-hetero) is 3. The monoisotopic (exact) mass is 924 g/mol. The molecular weight excluding hydrogens is 861 g/mol. The number of amides is 2. The number of carbonyl (C=O) groups is 5. The van der Waals surface area contributed by atoms with Crippen molar-refractivity contribution < 1.29 is 34.2 Å². The summed E-state index contributed by atoms with van der Waals surface area (Å²) in [6.45, 7) is 5.18. The number of carbonyl (C=O) groups excluding carboxylic acids is 5. The summed E-state index contributed by atoms with van der Waals surface area (Å²) >= 11 is 0. The number of fused-ring (bicyclic) bond motifs is 5. The minimum atomic E-state index is -1.23. The Bertz CT molecular complexity index is 2890. The Morgan fingerprint density at radius 2 is 1.18 bits per heavy atom. The number of ketones is 3. The van der Waals surface area contributed by atoms with Gasteiger partial charge in [-0.25, -0.2) is 0 Å². The van der Waals surface area contributed by atoms with Crippen molar-refractivity contribution in [2.45, 2.75) is 117 Å². The van der Waals surface area contributed by atoms with Crippen LogP contribution in [0.4, 0.5) is 0 Å². The van der Waals surface area contributed by atoms with Gasteiger partial charge in [0.25, 0.3) is 11.8 Å². The fourth-order valence-corrected chi connectivity index (χ4v) is 10.4. The van der Waals surface area contributed by atoms with Gasteiger partial charge in [0.05, 0.1) is 23.6 Å². The predicted molar refractivity (Wildman–Crippen MR) is 265 cm³/mol. The van der Waals surface area contributed by atoms with Gasteiger partial charge in [0.15, 0.2) is 17.2 Å². The van der Waals surface area contributed by atoms with Crippen LogP contribution in [0.3, 0.4) is 0 Å². The number of nitrogens with zero attached hydrogens (tertiary/aromatic N) is 4. The Hall–Kier alpha value is -6.55. The molecule has 0 spiro atoms. The number of aromatic amines is 3. The number of rotatable bonds is 5. The molecule has 15 nitrogen and oxygen atoms in total. The lowest BCUT2D eigenvalue weighted by Gasteiger charge is -2.39. The Morgan fingerprint density at radius 1 is 0.676 bits per heavy atom. The largest absolute Gasteiger partial charge is 0.369 e. The van der Waals surface area contributed by atoms with Crippen LogP contribution in [0, 0.1) is 17.8 Å². The Balaban J connectivity index is 0.000000140. The number of H-pyrrole nitrogens is 3. The zero-order chi connectivity index (χ0) is 47.5. The zero-order valence-electron chi connectivity index (χ0n) is 38.4. The van der Waals surface area contributed by atoms with Crippen LogP contribution in [0.1, 0.15) is 136 Å². The molecule has 5 heterocycles. The third-order valence-electron chi connectivity index (χ3n) is 14.0. The van der Waals surface area contributed by atoms with Crippen molar-refractivity contribution >= 4 is 73.3 Å². The van der Waals surface area contributed by atoms with Gasteiger partial charge < -0.3 is 30.9 Å². The van der Waals surface area contributed by atoms with Gasteiger partial charge in [-0.1, -0.05) is 51.0 Å². The number of nitrogens with one attached hydrogen (secondary N) is 3. The summed E-state index contributed by atoms with van der Waals surface area (Å²) in [4.78, 5) is 68.4. The summed E-state index contributed by atoms with van der Waals surface area (Å²) in [6, 6.07) is 22.4. The summed E-state index contributed by atoms with van der Waals surface area (Å²) in [5, 5.41) is 36.1. The fourth-order valence-electron chi connectivity index (χ4n) is 10.4. The number of hydrazone groups is 2. The van der Waals surface area contributed by atoms with Crippen LogP contribution in [0.2, 0.25) is 0 Å². The first-order valence-corrected chi connectivity index (χ1v) is 23.5. The molecule has 6 aromatic rings. The van der Waals surface area contributed by atoms with Crippen molar-refractivity contribution in [3.8, 4) is 0 Å². The van der Waals surface area contributed by atoms with Gasteiger partial charge in [-0.05, 0) is 121 Å². The van der Waals surface area contributed by atoms with Crippen molar-refractivity contribution in [3.63, 3.8) is 0 Å². The van der Waals surface area contributed by atoms with Crippen molar-refractivity contribution in [1.29, 1.82) is 0 Å². The molecule has 3 aromatic heterocycles. The molecule has 3 saturated carbocycles. The van der Waals surface area contributed by atoms with Crippen molar-refractivity contribution in [3.05, 3.63) is 108 Å². The highest BCUT2D eigenvalue weighted by Gasteiger charge is 2.53. The number of aromatic nitrogens is 3. The Kier molecular flexibility index (Phi) is 15.1. The third kappa shape index (κ3) is 9.60. The molecule has 2 aliphatic heterocycles. The van der Waals surface area contributed by atoms with E-state index in [1.54, 1.807) is 25.1 Å². The highest BCUT2D eigenvalue weighted by atomic mass is 16.3. The van der Waals surface area contributed by atoms with Crippen LogP contribution >= 0.6 is 0 Å². The van der Waals surface area contributed by atoms with Crippen LogP contribution in [-0.4, -0.2) is 93.8 Å². The molecule has 7 N–H and O–H groups in total. The van der Waals surface area contributed by atoms with E-state index in [0.717, 1.165) is 108 Å². The molecule has 5 unspecified atom stereocenters. The van der Waals surface area contributed by atoms with E-state index < -0.39 is 11.4 Å². The van der Waals surface area contributed by atoms with Crippen LogP contribution < -0.4 is 5.73 Å². The molecule has 3 aromatic carbocycles. The van der Waals surface area contributed by atoms with E-state index in [9.17, 15) is 34.2 Å². The van der Waals surface area contributed by atoms with Crippen LogP contribution in [-0.2, 0) is 9.59 Å². The van der Waals surface area contributed by atoms with Crippen LogP contribution in [0.5, 0.6) is 0 Å². The first kappa shape index (κ1) is 49.4. The number of benzene rings is 3. The first-order chi connectivity index (χ1) is 32.2. The number of hydrogen-bond donors (Lipinski definition) is 6. The first-order valence-electron chi connectivity index (χ1n) is 23.5. The normalized spacial score (nSPS) is 23.9. The molecule has 358 valence electrons. The molecule has 3 aliphatic carbocycles.